The zero-order valence-corrected chi connectivity index (χ0v) is 10.2. The Kier molecular flexibility index (Phi) is 4.57. The molecule has 0 aromatic carbocycles. The van der Waals surface area contributed by atoms with Gasteiger partial charge in [-0.3, -0.25) is 19.3 Å². The second-order valence-corrected chi connectivity index (χ2v) is 4.11. The Labute approximate surface area is 112 Å². The first-order chi connectivity index (χ1) is 9.23. The molecular weight excluding hydrogens is 272 g/mol. The molecule has 9 heteroatoms. The summed E-state index contributed by atoms with van der Waals surface area (Å²) in [7, 11) is 0. The summed E-state index contributed by atoms with van der Waals surface area (Å²) in [6.07, 6.45) is -0.521. The van der Waals surface area contributed by atoms with E-state index >= 15 is 0 Å². The van der Waals surface area contributed by atoms with Gasteiger partial charge in [0.25, 0.3) is 5.91 Å². The first-order valence-corrected chi connectivity index (χ1v) is 5.55. The van der Waals surface area contributed by atoms with Gasteiger partial charge in [-0.1, -0.05) is 0 Å². The number of rotatable bonds is 6. The Balaban J connectivity index is 3.00. The van der Waals surface area contributed by atoms with E-state index < -0.39 is 47.7 Å². The lowest BCUT2D eigenvalue weighted by Crippen LogP contribution is -2.50. The third kappa shape index (κ3) is 3.40. The first kappa shape index (κ1) is 15.3. The second kappa shape index (κ2) is 5.95. The highest BCUT2D eigenvalue weighted by molar-refractivity contribution is 6.12. The Morgan fingerprint density at radius 1 is 1.30 bits per heavy atom. The van der Waals surface area contributed by atoms with Crippen LogP contribution in [0.3, 0.4) is 0 Å². The van der Waals surface area contributed by atoms with Crippen molar-refractivity contribution in [2.75, 3.05) is 0 Å². The molecule has 1 unspecified atom stereocenters. The minimum absolute atomic E-state index is 0.316. The summed E-state index contributed by atoms with van der Waals surface area (Å²) < 4.78 is 0. The standard InChI is InChI=1S/C11H12N2O7/c12-7(14)2-1-6(11(19)20)13-8(15)3-5(10(17)18)4-9(13)16/h3,6H,1-2,4H2,(H2,12,14)(H,17,18)(H,19,20). The summed E-state index contributed by atoms with van der Waals surface area (Å²) in [4.78, 5) is 56.3. The lowest BCUT2D eigenvalue weighted by atomic mass is 10.0. The molecule has 0 saturated heterocycles. The zero-order chi connectivity index (χ0) is 15.4. The van der Waals surface area contributed by atoms with Gasteiger partial charge in [-0.2, -0.15) is 0 Å². The molecule has 0 bridgehead atoms. The van der Waals surface area contributed by atoms with Crippen molar-refractivity contribution >= 4 is 29.7 Å². The number of primary amides is 1. The van der Waals surface area contributed by atoms with Gasteiger partial charge in [-0.05, 0) is 6.42 Å². The molecule has 1 atom stereocenters. The van der Waals surface area contributed by atoms with Crippen LogP contribution in [0.4, 0.5) is 0 Å². The molecule has 0 spiro atoms. The molecule has 0 saturated carbocycles. The van der Waals surface area contributed by atoms with Crippen LogP contribution >= 0.6 is 0 Å². The molecule has 0 aromatic heterocycles. The summed E-state index contributed by atoms with van der Waals surface area (Å²) in [6.45, 7) is 0. The molecular formula is C11H12N2O7. The number of nitrogens with zero attached hydrogens (tertiary/aromatic N) is 1. The summed E-state index contributed by atoms with van der Waals surface area (Å²) in [6, 6.07) is -1.55. The fourth-order valence-electron chi connectivity index (χ4n) is 1.75. The average Bonchev–Trinajstić information content (AvgIpc) is 2.31. The first-order valence-electron chi connectivity index (χ1n) is 5.55. The molecule has 3 amide bonds. The number of imide groups is 1. The number of carbonyl (C=O) groups excluding carboxylic acids is 3. The molecule has 1 aliphatic heterocycles. The van der Waals surface area contributed by atoms with Gasteiger partial charge in [-0.25, -0.2) is 9.59 Å². The van der Waals surface area contributed by atoms with E-state index in [0.29, 0.717) is 11.0 Å². The normalized spacial score (nSPS) is 16.6. The van der Waals surface area contributed by atoms with Crippen molar-refractivity contribution in [2.24, 2.45) is 5.73 Å². The largest absolute Gasteiger partial charge is 0.480 e. The summed E-state index contributed by atoms with van der Waals surface area (Å²) in [5, 5.41) is 17.7. The molecule has 0 aliphatic carbocycles. The van der Waals surface area contributed by atoms with Crippen molar-refractivity contribution in [3.63, 3.8) is 0 Å². The van der Waals surface area contributed by atoms with Crippen LogP contribution in [-0.2, 0) is 24.0 Å². The summed E-state index contributed by atoms with van der Waals surface area (Å²) in [5.41, 5.74) is 4.48. The molecule has 1 aliphatic rings. The molecule has 1 rings (SSSR count). The van der Waals surface area contributed by atoms with E-state index in [0.717, 1.165) is 0 Å². The lowest BCUT2D eigenvalue weighted by molar-refractivity contribution is -0.157. The molecule has 9 nitrogen and oxygen atoms in total. The predicted molar refractivity (Wildman–Crippen MR) is 62.0 cm³/mol. The summed E-state index contributed by atoms with van der Waals surface area (Å²) in [5.74, 6) is -5.63. The second-order valence-electron chi connectivity index (χ2n) is 4.11. The molecule has 0 aromatic rings. The Hall–Kier alpha value is -2.71. The molecule has 1 heterocycles. The number of hydrogen-bond donors (Lipinski definition) is 3. The van der Waals surface area contributed by atoms with Crippen LogP contribution in [0, 0.1) is 0 Å². The maximum atomic E-state index is 11.7. The van der Waals surface area contributed by atoms with Crippen LogP contribution in [-0.4, -0.2) is 50.8 Å². The Morgan fingerprint density at radius 3 is 2.30 bits per heavy atom. The number of nitrogens with two attached hydrogens (primary N) is 1. The van der Waals surface area contributed by atoms with Crippen LogP contribution in [0.25, 0.3) is 0 Å². The molecule has 0 fully saturated rings. The third-order valence-electron chi connectivity index (χ3n) is 2.68. The van der Waals surface area contributed by atoms with Gasteiger partial charge in [-0.15, -0.1) is 0 Å². The van der Waals surface area contributed by atoms with Crippen molar-refractivity contribution in [3.05, 3.63) is 11.6 Å². The fourth-order valence-corrected chi connectivity index (χ4v) is 1.75. The number of hydrogen-bond acceptors (Lipinski definition) is 5. The molecule has 0 radical (unpaired) electrons. The Bertz CT molecular complexity index is 523. The highest BCUT2D eigenvalue weighted by atomic mass is 16.4. The quantitative estimate of drug-likeness (QED) is 0.500. The van der Waals surface area contributed by atoms with Crippen LogP contribution < -0.4 is 5.73 Å². The topological polar surface area (TPSA) is 155 Å². The van der Waals surface area contributed by atoms with E-state index in [1.165, 1.54) is 0 Å². The van der Waals surface area contributed by atoms with E-state index in [9.17, 15) is 24.0 Å². The highest BCUT2D eigenvalue weighted by Crippen LogP contribution is 2.19. The van der Waals surface area contributed by atoms with Crippen molar-refractivity contribution in [3.8, 4) is 0 Å². The van der Waals surface area contributed by atoms with E-state index in [2.05, 4.69) is 0 Å². The monoisotopic (exact) mass is 284 g/mol. The van der Waals surface area contributed by atoms with Gasteiger partial charge >= 0.3 is 11.9 Å². The van der Waals surface area contributed by atoms with Gasteiger partial charge in [0.05, 0.1) is 12.0 Å². The lowest BCUT2D eigenvalue weighted by Gasteiger charge is -2.28. The Morgan fingerprint density at radius 2 is 1.90 bits per heavy atom. The van der Waals surface area contributed by atoms with Gasteiger partial charge in [0.2, 0.25) is 11.8 Å². The minimum atomic E-state index is -1.55. The maximum absolute atomic E-state index is 11.7. The smallest absolute Gasteiger partial charge is 0.332 e. The van der Waals surface area contributed by atoms with Crippen molar-refractivity contribution in [1.82, 2.24) is 4.90 Å². The maximum Gasteiger partial charge on any atom is 0.332 e. The van der Waals surface area contributed by atoms with Crippen LogP contribution in [0.5, 0.6) is 0 Å². The SMILES string of the molecule is NC(=O)CCC(C(=O)O)N1C(=O)C=C(C(=O)O)CC1=O. The van der Waals surface area contributed by atoms with Gasteiger partial charge < -0.3 is 15.9 Å². The number of carbonyl (C=O) groups is 5. The number of amides is 3. The number of aliphatic carboxylic acids is 2. The van der Waals surface area contributed by atoms with E-state index in [4.69, 9.17) is 15.9 Å². The average molecular weight is 284 g/mol. The van der Waals surface area contributed by atoms with E-state index in [1.807, 2.05) is 0 Å². The minimum Gasteiger partial charge on any atom is -0.480 e. The molecule has 108 valence electrons. The third-order valence-corrected chi connectivity index (χ3v) is 2.68. The molecule has 4 N–H and O–H groups in total. The summed E-state index contributed by atoms with van der Waals surface area (Å²) >= 11 is 0. The number of carboxylic acids is 2. The zero-order valence-electron chi connectivity index (χ0n) is 10.2. The number of carboxylic acid groups (broad SMARTS) is 2. The van der Waals surface area contributed by atoms with Crippen molar-refractivity contribution in [2.45, 2.75) is 25.3 Å². The van der Waals surface area contributed by atoms with Crippen LogP contribution in [0.2, 0.25) is 0 Å². The van der Waals surface area contributed by atoms with Crippen LogP contribution in [0.15, 0.2) is 11.6 Å². The predicted octanol–water partition coefficient (Wildman–Crippen LogP) is -1.52. The van der Waals surface area contributed by atoms with Gasteiger partial charge in [0.15, 0.2) is 0 Å². The fraction of sp³-hybridized carbons (Fsp3) is 0.364. The van der Waals surface area contributed by atoms with Crippen LogP contribution in [0.1, 0.15) is 19.3 Å². The molecule has 20 heavy (non-hydrogen) atoms. The van der Waals surface area contributed by atoms with Crippen molar-refractivity contribution < 1.29 is 34.2 Å². The van der Waals surface area contributed by atoms with Gasteiger partial charge in [0, 0.05) is 12.5 Å². The van der Waals surface area contributed by atoms with E-state index in [1.54, 1.807) is 0 Å². The van der Waals surface area contributed by atoms with E-state index in [-0.39, 0.29) is 12.8 Å². The van der Waals surface area contributed by atoms with Gasteiger partial charge in [0.1, 0.15) is 6.04 Å². The van der Waals surface area contributed by atoms with Crippen molar-refractivity contribution in [1.29, 1.82) is 0 Å². The highest BCUT2D eigenvalue weighted by Gasteiger charge is 2.37.